The Bertz CT molecular complexity index is 329. The van der Waals surface area contributed by atoms with Crippen LogP contribution in [-0.4, -0.2) is 53.8 Å². The van der Waals surface area contributed by atoms with Gasteiger partial charge in [0.15, 0.2) is 0 Å². The molecule has 1 aliphatic rings. The molecule has 1 aliphatic heterocycles. The van der Waals surface area contributed by atoms with Gasteiger partial charge >= 0.3 is 0 Å². The summed E-state index contributed by atoms with van der Waals surface area (Å²) < 4.78 is 0. The van der Waals surface area contributed by atoms with Crippen molar-refractivity contribution in [2.75, 3.05) is 20.1 Å². The van der Waals surface area contributed by atoms with Crippen molar-refractivity contribution in [2.45, 2.75) is 52.1 Å². The van der Waals surface area contributed by atoms with Crippen LogP contribution in [0.1, 0.15) is 40.0 Å². The Labute approximate surface area is 116 Å². The van der Waals surface area contributed by atoms with Crippen LogP contribution in [-0.2, 0) is 9.59 Å². The maximum absolute atomic E-state index is 12.3. The number of hydrogen-bond acceptors (Lipinski definition) is 3. The molecule has 1 saturated heterocycles. The zero-order valence-electron chi connectivity index (χ0n) is 12.6. The molecule has 5 nitrogen and oxygen atoms in total. The molecule has 0 aromatic carbocycles. The van der Waals surface area contributed by atoms with Gasteiger partial charge in [-0.25, -0.2) is 0 Å². The van der Waals surface area contributed by atoms with E-state index < -0.39 is 0 Å². The summed E-state index contributed by atoms with van der Waals surface area (Å²) in [4.78, 5) is 27.9. The summed E-state index contributed by atoms with van der Waals surface area (Å²) in [6, 6.07) is 0.285. The molecule has 1 heterocycles. The monoisotopic (exact) mass is 269 g/mol. The molecule has 2 unspecified atom stereocenters. The molecule has 0 radical (unpaired) electrons. The fraction of sp³-hybridized carbons (Fsp3) is 0.857. The van der Waals surface area contributed by atoms with Crippen LogP contribution < -0.4 is 5.73 Å². The normalized spacial score (nSPS) is 21.1. The fourth-order valence-corrected chi connectivity index (χ4v) is 2.64. The average molecular weight is 269 g/mol. The molecule has 0 bridgehead atoms. The second kappa shape index (κ2) is 6.89. The number of likely N-dealkylation sites (tertiary alicyclic amines) is 1. The average Bonchev–Trinajstić information content (AvgIpc) is 2.80. The van der Waals surface area contributed by atoms with Crippen LogP contribution in [0.2, 0.25) is 0 Å². The molecule has 5 heteroatoms. The van der Waals surface area contributed by atoms with Crippen LogP contribution in [0.15, 0.2) is 0 Å². The van der Waals surface area contributed by atoms with Crippen molar-refractivity contribution in [3.05, 3.63) is 0 Å². The quantitative estimate of drug-likeness (QED) is 0.776. The van der Waals surface area contributed by atoms with Gasteiger partial charge in [-0.3, -0.25) is 9.59 Å². The van der Waals surface area contributed by atoms with E-state index in [0.29, 0.717) is 19.5 Å². The minimum absolute atomic E-state index is 0.0183. The zero-order valence-corrected chi connectivity index (χ0v) is 12.6. The third-order valence-electron chi connectivity index (χ3n) is 4.24. The Morgan fingerprint density at radius 2 is 2.05 bits per heavy atom. The number of nitrogens with two attached hydrogens (primary N) is 1. The van der Waals surface area contributed by atoms with Crippen LogP contribution in [0, 0.1) is 5.92 Å². The Morgan fingerprint density at radius 1 is 1.47 bits per heavy atom. The molecule has 110 valence electrons. The predicted molar refractivity (Wildman–Crippen MR) is 75.5 cm³/mol. The number of hydrogen-bond donors (Lipinski definition) is 1. The maximum Gasteiger partial charge on any atom is 0.228 e. The largest absolute Gasteiger partial charge is 0.341 e. The molecular weight excluding hydrogens is 242 g/mol. The standard InChI is InChI=1S/C14H27N3O2/c1-5-12(6-2)17-9-11(7-13(17)18)14(19)16(4)10(3)8-15/h10-12H,5-9,15H2,1-4H3. The van der Waals surface area contributed by atoms with Gasteiger partial charge in [-0.05, 0) is 19.8 Å². The highest BCUT2D eigenvalue weighted by Crippen LogP contribution is 2.24. The summed E-state index contributed by atoms with van der Waals surface area (Å²) in [5.41, 5.74) is 5.58. The second-order valence-electron chi connectivity index (χ2n) is 5.45. The van der Waals surface area contributed by atoms with Crippen molar-refractivity contribution in [2.24, 2.45) is 11.7 Å². The summed E-state index contributed by atoms with van der Waals surface area (Å²) in [5.74, 6) is -0.0484. The van der Waals surface area contributed by atoms with Gasteiger partial charge in [0, 0.05) is 38.6 Å². The molecule has 0 saturated carbocycles. The van der Waals surface area contributed by atoms with Crippen molar-refractivity contribution >= 4 is 11.8 Å². The molecule has 1 rings (SSSR count). The molecule has 0 aromatic rings. The first kappa shape index (κ1) is 16.0. The maximum atomic E-state index is 12.3. The first-order chi connectivity index (χ1) is 8.96. The van der Waals surface area contributed by atoms with E-state index in [-0.39, 0.29) is 29.8 Å². The smallest absolute Gasteiger partial charge is 0.228 e. The van der Waals surface area contributed by atoms with Crippen molar-refractivity contribution in [3.8, 4) is 0 Å². The van der Waals surface area contributed by atoms with Gasteiger partial charge in [0.1, 0.15) is 0 Å². The SMILES string of the molecule is CCC(CC)N1CC(C(=O)N(C)C(C)CN)CC1=O. The van der Waals surface area contributed by atoms with Gasteiger partial charge in [-0.15, -0.1) is 0 Å². The first-order valence-electron chi connectivity index (χ1n) is 7.22. The first-order valence-corrected chi connectivity index (χ1v) is 7.22. The molecular formula is C14H27N3O2. The number of carbonyl (C=O) groups excluding carboxylic acids is 2. The lowest BCUT2D eigenvalue weighted by Gasteiger charge is -2.28. The van der Waals surface area contributed by atoms with E-state index in [4.69, 9.17) is 5.73 Å². The fourth-order valence-electron chi connectivity index (χ4n) is 2.64. The Hall–Kier alpha value is -1.10. The van der Waals surface area contributed by atoms with Crippen molar-refractivity contribution in [1.82, 2.24) is 9.80 Å². The van der Waals surface area contributed by atoms with Crippen LogP contribution in [0.5, 0.6) is 0 Å². The molecule has 0 spiro atoms. The minimum Gasteiger partial charge on any atom is -0.341 e. The third-order valence-corrected chi connectivity index (χ3v) is 4.24. The van der Waals surface area contributed by atoms with Gasteiger partial charge in [-0.1, -0.05) is 13.8 Å². The molecule has 2 amide bonds. The summed E-state index contributed by atoms with van der Waals surface area (Å²) in [6.45, 7) is 7.09. The number of likely N-dealkylation sites (N-methyl/N-ethyl adjacent to an activating group) is 1. The van der Waals surface area contributed by atoms with Crippen LogP contribution in [0.3, 0.4) is 0 Å². The summed E-state index contributed by atoms with van der Waals surface area (Å²) in [7, 11) is 1.77. The van der Waals surface area contributed by atoms with E-state index in [1.54, 1.807) is 11.9 Å². The van der Waals surface area contributed by atoms with Crippen LogP contribution >= 0.6 is 0 Å². The van der Waals surface area contributed by atoms with Crippen molar-refractivity contribution in [1.29, 1.82) is 0 Å². The van der Waals surface area contributed by atoms with Gasteiger partial charge in [-0.2, -0.15) is 0 Å². The van der Waals surface area contributed by atoms with Gasteiger partial charge in [0.25, 0.3) is 0 Å². The highest BCUT2D eigenvalue weighted by atomic mass is 16.2. The molecule has 1 fully saturated rings. The summed E-state index contributed by atoms with van der Waals surface area (Å²) in [5, 5.41) is 0. The number of carbonyl (C=O) groups is 2. The number of rotatable bonds is 6. The van der Waals surface area contributed by atoms with E-state index in [2.05, 4.69) is 13.8 Å². The van der Waals surface area contributed by atoms with E-state index in [1.165, 1.54) is 0 Å². The van der Waals surface area contributed by atoms with E-state index in [9.17, 15) is 9.59 Å². The highest BCUT2D eigenvalue weighted by molar-refractivity contribution is 5.89. The Balaban J connectivity index is 2.68. The van der Waals surface area contributed by atoms with Gasteiger partial charge in [0.2, 0.25) is 11.8 Å². The Kier molecular flexibility index (Phi) is 5.79. The zero-order chi connectivity index (χ0) is 14.6. The van der Waals surface area contributed by atoms with Crippen LogP contribution in [0.4, 0.5) is 0 Å². The predicted octanol–water partition coefficient (Wildman–Crippen LogP) is 0.829. The lowest BCUT2D eigenvalue weighted by atomic mass is 10.1. The van der Waals surface area contributed by atoms with E-state index in [1.807, 2.05) is 11.8 Å². The molecule has 0 aliphatic carbocycles. The second-order valence-corrected chi connectivity index (χ2v) is 5.45. The molecule has 19 heavy (non-hydrogen) atoms. The van der Waals surface area contributed by atoms with E-state index in [0.717, 1.165) is 12.8 Å². The lowest BCUT2D eigenvalue weighted by Crippen LogP contribution is -2.44. The molecule has 0 aromatic heterocycles. The molecule has 2 atom stereocenters. The number of amides is 2. The highest BCUT2D eigenvalue weighted by Gasteiger charge is 2.38. The van der Waals surface area contributed by atoms with Crippen LogP contribution in [0.25, 0.3) is 0 Å². The third kappa shape index (κ3) is 3.47. The van der Waals surface area contributed by atoms with Crippen molar-refractivity contribution < 1.29 is 9.59 Å². The summed E-state index contributed by atoms with van der Waals surface area (Å²) >= 11 is 0. The minimum atomic E-state index is -0.202. The van der Waals surface area contributed by atoms with Gasteiger partial charge < -0.3 is 15.5 Å². The number of nitrogens with zero attached hydrogens (tertiary/aromatic N) is 2. The molecule has 2 N–H and O–H groups in total. The van der Waals surface area contributed by atoms with E-state index >= 15 is 0 Å². The van der Waals surface area contributed by atoms with Crippen molar-refractivity contribution in [3.63, 3.8) is 0 Å². The van der Waals surface area contributed by atoms with Gasteiger partial charge in [0.05, 0.1) is 5.92 Å². The Morgan fingerprint density at radius 3 is 2.53 bits per heavy atom. The topological polar surface area (TPSA) is 66.6 Å². The summed E-state index contributed by atoms with van der Waals surface area (Å²) in [6.07, 6.45) is 2.23. The lowest BCUT2D eigenvalue weighted by molar-refractivity contribution is -0.136.